The minimum atomic E-state index is -0.288. The van der Waals surface area contributed by atoms with Crippen LogP contribution in [0.2, 0.25) is 0 Å². The van der Waals surface area contributed by atoms with Crippen molar-refractivity contribution in [1.29, 1.82) is 0 Å². The number of hydrogen-bond acceptors (Lipinski definition) is 4. The molecule has 1 aromatic heterocycles. The van der Waals surface area contributed by atoms with E-state index in [9.17, 15) is 9.59 Å². The first-order valence-electron chi connectivity index (χ1n) is 7.10. The molecule has 0 bridgehead atoms. The van der Waals surface area contributed by atoms with E-state index in [0.717, 1.165) is 18.6 Å². The number of oxazole rings is 1. The molecule has 2 unspecified atom stereocenters. The third-order valence-electron chi connectivity index (χ3n) is 4.17. The smallest absolute Gasteiger partial charge is 0.246 e. The van der Waals surface area contributed by atoms with E-state index in [1.54, 1.807) is 16.0 Å². The highest BCUT2D eigenvalue weighted by Gasteiger charge is 2.41. The minimum absolute atomic E-state index is 0.0247. The fraction of sp³-hybridized carbons (Fsp3) is 0.643. The van der Waals surface area contributed by atoms with E-state index in [2.05, 4.69) is 4.98 Å². The highest BCUT2D eigenvalue weighted by molar-refractivity contribution is 5.90. The summed E-state index contributed by atoms with van der Waals surface area (Å²) in [5, 5.41) is 0. The van der Waals surface area contributed by atoms with E-state index in [1.807, 2.05) is 13.8 Å². The minimum Gasteiger partial charge on any atom is -0.444 e. The summed E-state index contributed by atoms with van der Waals surface area (Å²) in [5.41, 5.74) is 0. The lowest BCUT2D eigenvalue weighted by atomic mass is 10.1. The van der Waals surface area contributed by atoms with Crippen LogP contribution in [0.5, 0.6) is 0 Å². The number of nitrogens with zero attached hydrogens (tertiary/aromatic N) is 3. The average molecular weight is 277 g/mol. The third-order valence-corrected chi connectivity index (χ3v) is 4.17. The maximum Gasteiger partial charge on any atom is 0.246 e. The molecule has 3 heterocycles. The van der Waals surface area contributed by atoms with Gasteiger partial charge in [0.25, 0.3) is 0 Å². The fourth-order valence-electron chi connectivity index (χ4n) is 3.07. The number of carbonyl (C=O) groups is 2. The normalized spacial score (nSPS) is 24.8. The molecular weight excluding hydrogens is 258 g/mol. The summed E-state index contributed by atoms with van der Waals surface area (Å²) in [6, 6.07) is -0.520. The van der Waals surface area contributed by atoms with Crippen LogP contribution < -0.4 is 0 Å². The average Bonchev–Trinajstić information content (AvgIpc) is 3.04. The molecule has 2 atom stereocenters. The van der Waals surface area contributed by atoms with Gasteiger partial charge in [-0.1, -0.05) is 0 Å². The van der Waals surface area contributed by atoms with Gasteiger partial charge in [0.2, 0.25) is 17.7 Å². The molecule has 2 aliphatic rings. The van der Waals surface area contributed by atoms with E-state index in [-0.39, 0.29) is 23.9 Å². The summed E-state index contributed by atoms with van der Waals surface area (Å²) < 4.78 is 5.52. The summed E-state index contributed by atoms with van der Waals surface area (Å²) >= 11 is 0. The van der Waals surface area contributed by atoms with Gasteiger partial charge in [-0.3, -0.25) is 9.59 Å². The Morgan fingerprint density at radius 3 is 2.90 bits per heavy atom. The lowest BCUT2D eigenvalue weighted by Gasteiger charge is -2.28. The van der Waals surface area contributed by atoms with Crippen molar-refractivity contribution in [3.63, 3.8) is 0 Å². The predicted molar refractivity (Wildman–Crippen MR) is 70.7 cm³/mol. The predicted octanol–water partition coefficient (Wildman–Crippen LogP) is 1.27. The Morgan fingerprint density at radius 2 is 2.20 bits per heavy atom. The number of fused-ring (bicyclic) bond motifs is 1. The Hall–Kier alpha value is -1.85. The monoisotopic (exact) mass is 277 g/mol. The largest absolute Gasteiger partial charge is 0.444 e. The van der Waals surface area contributed by atoms with E-state index in [0.29, 0.717) is 25.4 Å². The van der Waals surface area contributed by atoms with Crippen LogP contribution in [0.3, 0.4) is 0 Å². The van der Waals surface area contributed by atoms with Gasteiger partial charge in [0, 0.05) is 19.5 Å². The van der Waals surface area contributed by atoms with Crippen LogP contribution in [-0.4, -0.2) is 45.7 Å². The first kappa shape index (κ1) is 13.1. The van der Waals surface area contributed by atoms with Crippen LogP contribution in [-0.2, 0) is 9.59 Å². The van der Waals surface area contributed by atoms with Gasteiger partial charge in [0.15, 0.2) is 0 Å². The Kier molecular flexibility index (Phi) is 3.23. The molecule has 3 rings (SSSR count). The molecule has 2 aliphatic heterocycles. The molecule has 0 aliphatic carbocycles. The summed E-state index contributed by atoms with van der Waals surface area (Å²) in [7, 11) is 0. The standard InChI is InChI=1S/C14H19N3O3/c1-9-8-15-13(20-9)10(2)16-7-5-12(18)17-6-3-4-11(17)14(16)19/h8,10-11H,3-7H2,1-2H3. The number of hydrogen-bond donors (Lipinski definition) is 0. The first-order chi connectivity index (χ1) is 9.58. The van der Waals surface area contributed by atoms with Crippen LogP contribution >= 0.6 is 0 Å². The van der Waals surface area contributed by atoms with Crippen LogP contribution in [0.25, 0.3) is 0 Å². The SMILES string of the molecule is Cc1cnc(C(C)N2CCC(=O)N3CCCC3C2=O)o1. The molecule has 2 fully saturated rings. The summed E-state index contributed by atoms with van der Waals surface area (Å²) in [5.74, 6) is 1.37. The number of aromatic nitrogens is 1. The van der Waals surface area contributed by atoms with Gasteiger partial charge in [-0.2, -0.15) is 0 Å². The summed E-state index contributed by atoms with van der Waals surface area (Å²) in [6.07, 6.45) is 3.70. The van der Waals surface area contributed by atoms with Crippen molar-refractivity contribution in [1.82, 2.24) is 14.8 Å². The quantitative estimate of drug-likeness (QED) is 0.816. The molecule has 108 valence electrons. The molecule has 1 aromatic rings. The van der Waals surface area contributed by atoms with Gasteiger partial charge in [-0.25, -0.2) is 4.98 Å². The van der Waals surface area contributed by atoms with E-state index in [1.165, 1.54) is 0 Å². The Balaban J connectivity index is 1.85. The number of carbonyl (C=O) groups excluding carboxylic acids is 2. The molecule has 0 spiro atoms. The molecule has 20 heavy (non-hydrogen) atoms. The topological polar surface area (TPSA) is 66.7 Å². The third kappa shape index (κ3) is 2.09. The highest BCUT2D eigenvalue weighted by atomic mass is 16.4. The molecule has 2 amide bonds. The van der Waals surface area contributed by atoms with Crippen molar-refractivity contribution in [3.8, 4) is 0 Å². The van der Waals surface area contributed by atoms with Gasteiger partial charge < -0.3 is 14.2 Å². The molecule has 0 saturated carbocycles. The summed E-state index contributed by atoms with van der Waals surface area (Å²) in [6.45, 7) is 4.87. The van der Waals surface area contributed by atoms with Gasteiger partial charge in [0.1, 0.15) is 17.8 Å². The van der Waals surface area contributed by atoms with Gasteiger partial charge >= 0.3 is 0 Å². The van der Waals surface area contributed by atoms with Crippen molar-refractivity contribution in [2.45, 2.75) is 45.2 Å². The van der Waals surface area contributed by atoms with E-state index < -0.39 is 0 Å². The molecule has 0 radical (unpaired) electrons. The fourth-order valence-corrected chi connectivity index (χ4v) is 3.07. The maximum atomic E-state index is 12.7. The van der Waals surface area contributed by atoms with Crippen LogP contribution in [0.15, 0.2) is 10.6 Å². The maximum absolute atomic E-state index is 12.7. The zero-order valence-electron chi connectivity index (χ0n) is 11.8. The van der Waals surface area contributed by atoms with E-state index in [4.69, 9.17) is 4.42 Å². The van der Waals surface area contributed by atoms with Crippen molar-refractivity contribution in [2.75, 3.05) is 13.1 Å². The highest BCUT2D eigenvalue weighted by Crippen LogP contribution is 2.28. The molecule has 6 heteroatoms. The van der Waals surface area contributed by atoms with E-state index >= 15 is 0 Å². The molecule has 0 aromatic carbocycles. The van der Waals surface area contributed by atoms with Crippen molar-refractivity contribution in [3.05, 3.63) is 17.8 Å². The number of rotatable bonds is 2. The second-order valence-corrected chi connectivity index (χ2v) is 5.51. The van der Waals surface area contributed by atoms with Crippen molar-refractivity contribution in [2.24, 2.45) is 0 Å². The molecule has 2 saturated heterocycles. The first-order valence-corrected chi connectivity index (χ1v) is 7.10. The second-order valence-electron chi connectivity index (χ2n) is 5.51. The lowest BCUT2D eigenvalue weighted by Crippen LogP contribution is -2.44. The number of amides is 2. The van der Waals surface area contributed by atoms with Crippen LogP contribution in [0, 0.1) is 6.92 Å². The summed E-state index contributed by atoms with van der Waals surface area (Å²) in [4.78, 5) is 32.4. The second kappa shape index (κ2) is 4.92. The van der Waals surface area contributed by atoms with Crippen molar-refractivity contribution >= 4 is 11.8 Å². The zero-order chi connectivity index (χ0) is 14.3. The van der Waals surface area contributed by atoms with Gasteiger partial charge in [-0.05, 0) is 26.7 Å². The van der Waals surface area contributed by atoms with Crippen LogP contribution in [0.4, 0.5) is 0 Å². The number of aryl methyl sites for hydroxylation is 1. The zero-order valence-corrected chi connectivity index (χ0v) is 11.8. The van der Waals surface area contributed by atoms with Gasteiger partial charge in [0.05, 0.1) is 6.20 Å². The lowest BCUT2D eigenvalue weighted by molar-refractivity contribution is -0.140. The molecule has 6 nitrogen and oxygen atoms in total. The van der Waals surface area contributed by atoms with Crippen molar-refractivity contribution < 1.29 is 14.0 Å². The van der Waals surface area contributed by atoms with Gasteiger partial charge in [-0.15, -0.1) is 0 Å². The molecule has 0 N–H and O–H groups in total. The Morgan fingerprint density at radius 1 is 1.40 bits per heavy atom. The molecular formula is C14H19N3O3. The Bertz CT molecular complexity index is 540. The Labute approximate surface area is 117 Å². The van der Waals surface area contributed by atoms with Crippen LogP contribution in [0.1, 0.15) is 43.9 Å².